The molecule has 1 heterocycles. The van der Waals surface area contributed by atoms with Gasteiger partial charge in [-0.2, -0.15) is 0 Å². The van der Waals surface area contributed by atoms with E-state index in [0.717, 1.165) is 0 Å². The summed E-state index contributed by atoms with van der Waals surface area (Å²) in [6.07, 6.45) is 0. The number of carbonyl (C=O) groups excluding carboxylic acids is 1. The predicted molar refractivity (Wildman–Crippen MR) is 76.9 cm³/mol. The lowest BCUT2D eigenvalue weighted by atomic mass is 10.2. The minimum absolute atomic E-state index is 0.155. The van der Waals surface area contributed by atoms with E-state index in [1.54, 1.807) is 6.92 Å². The van der Waals surface area contributed by atoms with Gasteiger partial charge in [0, 0.05) is 12.1 Å². The molecular formula is C11H11N5O4S. The van der Waals surface area contributed by atoms with Crippen molar-refractivity contribution in [2.45, 2.75) is 6.92 Å². The van der Waals surface area contributed by atoms with Gasteiger partial charge in [0.05, 0.1) is 17.7 Å². The van der Waals surface area contributed by atoms with E-state index in [1.165, 1.54) is 36.6 Å². The Bertz CT molecular complexity index is 687. The summed E-state index contributed by atoms with van der Waals surface area (Å²) < 4.78 is 5.04. The molecule has 2 amide bonds. The van der Waals surface area contributed by atoms with Crippen LogP contribution in [0.25, 0.3) is 0 Å². The topological polar surface area (TPSA) is 119 Å². The van der Waals surface area contributed by atoms with Crippen molar-refractivity contribution < 1.29 is 14.5 Å². The van der Waals surface area contributed by atoms with Crippen LogP contribution in [0, 0.1) is 17.0 Å². The maximum Gasteiger partial charge on any atom is 0.325 e. The second-order valence-electron chi connectivity index (χ2n) is 3.85. The number of hydrogen-bond donors (Lipinski definition) is 2. The Morgan fingerprint density at radius 2 is 2.14 bits per heavy atom. The molecule has 0 aliphatic carbocycles. The molecule has 1 aromatic heterocycles. The molecule has 0 aliphatic heterocycles. The third-order valence-electron chi connectivity index (χ3n) is 2.39. The first kappa shape index (κ1) is 14.7. The number of nitro benzene ring substituents is 1. The second kappa shape index (κ2) is 6.13. The number of urea groups is 1. The third kappa shape index (κ3) is 3.63. The largest absolute Gasteiger partial charge is 0.495 e. The van der Waals surface area contributed by atoms with Crippen molar-refractivity contribution in [3.63, 3.8) is 0 Å². The van der Waals surface area contributed by atoms with E-state index >= 15 is 0 Å². The maximum absolute atomic E-state index is 11.8. The molecule has 0 fully saturated rings. The number of anilines is 2. The highest BCUT2D eigenvalue weighted by Crippen LogP contribution is 2.29. The van der Waals surface area contributed by atoms with Gasteiger partial charge in [0.15, 0.2) is 0 Å². The number of non-ortho nitro benzene ring substituents is 1. The number of benzene rings is 1. The number of hydrogen-bond acceptors (Lipinski definition) is 7. The van der Waals surface area contributed by atoms with E-state index in [0.29, 0.717) is 15.9 Å². The second-order valence-corrected chi connectivity index (χ2v) is 5.03. The number of nitro groups is 1. The van der Waals surface area contributed by atoms with Crippen LogP contribution < -0.4 is 15.4 Å². The van der Waals surface area contributed by atoms with Gasteiger partial charge in [-0.25, -0.2) is 4.79 Å². The highest BCUT2D eigenvalue weighted by Gasteiger charge is 2.14. The quantitative estimate of drug-likeness (QED) is 0.661. The number of nitrogens with one attached hydrogen (secondary N) is 2. The van der Waals surface area contributed by atoms with Crippen LogP contribution in [0.4, 0.5) is 21.3 Å². The molecule has 0 aliphatic rings. The molecule has 10 heteroatoms. The minimum atomic E-state index is -0.593. The molecule has 0 bridgehead atoms. The zero-order valence-corrected chi connectivity index (χ0v) is 11.9. The highest BCUT2D eigenvalue weighted by molar-refractivity contribution is 7.15. The molecule has 0 spiro atoms. The Kier molecular flexibility index (Phi) is 4.28. The van der Waals surface area contributed by atoms with Crippen LogP contribution >= 0.6 is 11.3 Å². The Morgan fingerprint density at radius 3 is 2.71 bits per heavy atom. The average Bonchev–Trinajstić information content (AvgIpc) is 2.83. The molecule has 21 heavy (non-hydrogen) atoms. The van der Waals surface area contributed by atoms with Gasteiger partial charge in [0.25, 0.3) is 5.69 Å². The van der Waals surface area contributed by atoms with Gasteiger partial charge >= 0.3 is 6.03 Å². The molecule has 2 aromatic rings. The third-order valence-corrected chi connectivity index (χ3v) is 3.14. The van der Waals surface area contributed by atoms with Gasteiger partial charge in [-0.1, -0.05) is 11.3 Å². The van der Waals surface area contributed by atoms with Gasteiger partial charge in [-0.15, -0.1) is 10.2 Å². The van der Waals surface area contributed by atoms with Gasteiger partial charge in [-0.05, 0) is 13.0 Å². The monoisotopic (exact) mass is 309 g/mol. The normalized spacial score (nSPS) is 10.0. The summed E-state index contributed by atoms with van der Waals surface area (Å²) in [6, 6.07) is 3.31. The van der Waals surface area contributed by atoms with E-state index in [4.69, 9.17) is 4.74 Å². The maximum atomic E-state index is 11.8. The Balaban J connectivity index is 2.15. The van der Waals surface area contributed by atoms with E-state index < -0.39 is 11.0 Å². The van der Waals surface area contributed by atoms with E-state index in [2.05, 4.69) is 20.8 Å². The standard InChI is InChI=1S/C11H11N5O4S/c1-6-14-15-11(21-6)13-10(17)12-8-5-7(16(18)19)3-4-9(8)20-2/h3-5H,1-2H3,(H2,12,13,15,17). The lowest BCUT2D eigenvalue weighted by molar-refractivity contribution is -0.384. The number of ether oxygens (including phenoxy) is 1. The summed E-state index contributed by atoms with van der Waals surface area (Å²) in [5.74, 6) is 0.309. The molecular weight excluding hydrogens is 298 g/mol. The number of nitrogens with zero attached hydrogens (tertiary/aromatic N) is 3. The molecule has 0 unspecified atom stereocenters. The van der Waals surface area contributed by atoms with Crippen LogP contribution in [0.5, 0.6) is 5.75 Å². The molecule has 110 valence electrons. The summed E-state index contributed by atoms with van der Waals surface area (Å²) in [5, 5.41) is 24.2. The van der Waals surface area contributed by atoms with Crippen molar-refractivity contribution in [3.05, 3.63) is 33.3 Å². The predicted octanol–water partition coefficient (Wildman–Crippen LogP) is 2.41. The zero-order valence-electron chi connectivity index (χ0n) is 11.1. The van der Waals surface area contributed by atoms with Crippen molar-refractivity contribution >= 4 is 33.9 Å². The minimum Gasteiger partial charge on any atom is -0.495 e. The van der Waals surface area contributed by atoms with Gasteiger partial charge in [-0.3, -0.25) is 15.4 Å². The van der Waals surface area contributed by atoms with E-state index in [1.807, 2.05) is 0 Å². The average molecular weight is 309 g/mol. The molecule has 9 nitrogen and oxygen atoms in total. The number of aromatic nitrogens is 2. The Labute approximate surface area is 123 Å². The fourth-order valence-electron chi connectivity index (χ4n) is 1.50. The van der Waals surface area contributed by atoms with Crippen LogP contribution in [-0.2, 0) is 0 Å². The molecule has 0 saturated carbocycles. The molecule has 2 N–H and O–H groups in total. The number of aryl methyl sites for hydroxylation is 1. The molecule has 2 rings (SSSR count). The van der Waals surface area contributed by atoms with Gasteiger partial charge in [0.1, 0.15) is 10.8 Å². The zero-order chi connectivity index (χ0) is 15.4. The van der Waals surface area contributed by atoms with Gasteiger partial charge in [0.2, 0.25) is 5.13 Å². The lowest BCUT2D eigenvalue weighted by Crippen LogP contribution is -2.19. The molecule has 0 saturated heterocycles. The Morgan fingerprint density at radius 1 is 1.38 bits per heavy atom. The number of methoxy groups -OCH3 is 1. The SMILES string of the molecule is COc1ccc([N+](=O)[O-])cc1NC(=O)Nc1nnc(C)s1. The Hall–Kier alpha value is -2.75. The van der Waals surface area contributed by atoms with E-state index in [9.17, 15) is 14.9 Å². The number of amides is 2. The van der Waals surface area contributed by atoms with Crippen molar-refractivity contribution in [1.82, 2.24) is 10.2 Å². The van der Waals surface area contributed by atoms with Crippen LogP contribution in [0.15, 0.2) is 18.2 Å². The van der Waals surface area contributed by atoms with Gasteiger partial charge < -0.3 is 10.1 Å². The van der Waals surface area contributed by atoms with Crippen molar-refractivity contribution in [1.29, 1.82) is 0 Å². The lowest BCUT2D eigenvalue weighted by Gasteiger charge is -2.09. The molecule has 0 atom stereocenters. The number of rotatable bonds is 4. The summed E-state index contributed by atoms with van der Waals surface area (Å²) in [6.45, 7) is 1.75. The van der Waals surface area contributed by atoms with Crippen molar-refractivity contribution in [2.24, 2.45) is 0 Å². The summed E-state index contributed by atoms with van der Waals surface area (Å²) >= 11 is 1.21. The van der Waals surface area contributed by atoms with Crippen LogP contribution in [0.1, 0.15) is 5.01 Å². The molecule has 1 aromatic carbocycles. The highest BCUT2D eigenvalue weighted by atomic mass is 32.1. The summed E-state index contributed by atoms with van der Waals surface area (Å²) in [5.41, 5.74) is 0.0308. The first-order valence-corrected chi connectivity index (χ1v) is 6.52. The van der Waals surface area contributed by atoms with Crippen LogP contribution in [0.3, 0.4) is 0 Å². The number of carbonyl (C=O) groups is 1. The van der Waals surface area contributed by atoms with Crippen LogP contribution in [-0.4, -0.2) is 28.3 Å². The summed E-state index contributed by atoms with van der Waals surface area (Å²) in [4.78, 5) is 22.0. The fraction of sp³-hybridized carbons (Fsp3) is 0.182. The van der Waals surface area contributed by atoms with Crippen molar-refractivity contribution in [3.8, 4) is 5.75 Å². The smallest absolute Gasteiger partial charge is 0.325 e. The fourth-order valence-corrected chi connectivity index (χ4v) is 2.09. The first-order chi connectivity index (χ1) is 9.99. The molecule has 0 radical (unpaired) electrons. The first-order valence-electron chi connectivity index (χ1n) is 5.70. The van der Waals surface area contributed by atoms with E-state index in [-0.39, 0.29) is 11.4 Å². The summed E-state index contributed by atoms with van der Waals surface area (Å²) in [7, 11) is 1.40. The van der Waals surface area contributed by atoms with Crippen LogP contribution in [0.2, 0.25) is 0 Å². The van der Waals surface area contributed by atoms with Crippen molar-refractivity contribution in [2.75, 3.05) is 17.7 Å².